The summed E-state index contributed by atoms with van der Waals surface area (Å²) in [5.74, 6) is 1.23. The lowest BCUT2D eigenvalue weighted by atomic mass is 10.2. The zero-order valence-corrected chi connectivity index (χ0v) is 23.3. The fraction of sp³-hybridized carbons (Fsp3) is 0.375. The van der Waals surface area contributed by atoms with E-state index in [0.29, 0.717) is 33.7 Å². The zero-order chi connectivity index (χ0) is 27.7. The number of fused-ring (bicyclic) bond motifs is 1. The molecule has 3 aromatic heterocycles. The number of nitrogens with zero attached hydrogens (tertiary/aromatic N) is 7. The van der Waals surface area contributed by atoms with Crippen molar-refractivity contribution in [3.8, 4) is 28.7 Å². The minimum Gasteiger partial charge on any atom is -0.494 e. The molecule has 0 aliphatic carbocycles. The van der Waals surface area contributed by atoms with Gasteiger partial charge in [0.1, 0.15) is 34.2 Å². The van der Waals surface area contributed by atoms with Crippen LogP contribution >= 0.6 is 11.6 Å². The molecular weight excluding hydrogens is 548 g/mol. The monoisotopic (exact) mass is 574 g/mol. The molecule has 0 fully saturated rings. The number of hydrogen-bond acceptors (Lipinski definition) is 10. The van der Waals surface area contributed by atoms with Crippen molar-refractivity contribution >= 4 is 27.6 Å². The van der Waals surface area contributed by atoms with Gasteiger partial charge in [-0.15, -0.1) is 10.2 Å². The number of benzene rings is 1. The second-order valence-electron chi connectivity index (χ2n) is 8.81. The Kier molecular flexibility index (Phi) is 7.42. The second kappa shape index (κ2) is 10.8. The highest BCUT2D eigenvalue weighted by Crippen LogP contribution is 2.38. The molecule has 4 aromatic rings. The lowest BCUT2D eigenvalue weighted by Gasteiger charge is -2.22. The van der Waals surface area contributed by atoms with Crippen LogP contribution in [0.1, 0.15) is 31.0 Å². The van der Waals surface area contributed by atoms with Gasteiger partial charge in [-0.05, 0) is 38.0 Å². The van der Waals surface area contributed by atoms with E-state index in [4.69, 9.17) is 25.8 Å². The Morgan fingerprint density at radius 1 is 1.08 bits per heavy atom. The van der Waals surface area contributed by atoms with Crippen LogP contribution in [0.5, 0.6) is 11.5 Å². The summed E-state index contributed by atoms with van der Waals surface area (Å²) in [6, 6.07) is 7.15. The summed E-state index contributed by atoms with van der Waals surface area (Å²) >= 11 is 5.90. The van der Waals surface area contributed by atoms with Crippen LogP contribution in [0.2, 0.25) is 5.02 Å². The molecule has 2 unspecified atom stereocenters. The van der Waals surface area contributed by atoms with Crippen molar-refractivity contribution in [3.05, 3.63) is 53.2 Å². The van der Waals surface area contributed by atoms with Crippen LogP contribution in [0, 0.1) is 0 Å². The van der Waals surface area contributed by atoms with E-state index in [2.05, 4.69) is 30.0 Å². The molecule has 0 spiro atoms. The molecule has 0 bridgehead atoms. The first-order valence-electron chi connectivity index (χ1n) is 12.0. The Labute approximate surface area is 230 Å². The van der Waals surface area contributed by atoms with E-state index in [1.165, 1.54) is 45.2 Å². The Morgan fingerprint density at radius 3 is 2.38 bits per heavy atom. The van der Waals surface area contributed by atoms with Gasteiger partial charge in [0.05, 0.1) is 19.2 Å². The zero-order valence-electron chi connectivity index (χ0n) is 21.7. The first-order chi connectivity index (χ1) is 18.8. The summed E-state index contributed by atoms with van der Waals surface area (Å²) in [5.41, 5.74) is 2.01. The number of anilines is 1. The van der Waals surface area contributed by atoms with Crippen molar-refractivity contribution in [2.24, 2.45) is 0 Å². The molecule has 0 saturated carbocycles. The van der Waals surface area contributed by atoms with Crippen LogP contribution in [0.25, 0.3) is 17.2 Å². The Balaban J connectivity index is 1.61. The van der Waals surface area contributed by atoms with Gasteiger partial charge in [0.25, 0.3) is 0 Å². The number of ether oxygens (including phenoxy) is 3. The third-order valence-corrected chi connectivity index (χ3v) is 8.37. The van der Waals surface area contributed by atoms with Gasteiger partial charge in [-0.1, -0.05) is 17.7 Å². The van der Waals surface area contributed by atoms with Gasteiger partial charge in [-0.2, -0.15) is 5.10 Å². The van der Waals surface area contributed by atoms with Crippen LogP contribution < -0.4 is 14.2 Å². The van der Waals surface area contributed by atoms with Crippen molar-refractivity contribution in [2.75, 3.05) is 26.1 Å². The average Bonchev–Trinajstić information content (AvgIpc) is 3.64. The molecule has 0 amide bonds. The lowest BCUT2D eigenvalue weighted by Crippen LogP contribution is -2.33. The summed E-state index contributed by atoms with van der Waals surface area (Å²) in [5, 5.41) is 12.4. The third-order valence-electron chi connectivity index (χ3n) is 6.48. The maximum atomic E-state index is 13.7. The summed E-state index contributed by atoms with van der Waals surface area (Å²) in [7, 11) is 0.263. The van der Waals surface area contributed by atoms with Gasteiger partial charge < -0.3 is 14.2 Å². The van der Waals surface area contributed by atoms with Gasteiger partial charge in [-0.3, -0.25) is 14.0 Å². The van der Waals surface area contributed by atoms with Crippen molar-refractivity contribution < 1.29 is 22.6 Å². The molecule has 0 saturated heterocycles. The highest BCUT2D eigenvalue weighted by atomic mass is 35.5. The van der Waals surface area contributed by atoms with Gasteiger partial charge in [0.15, 0.2) is 11.6 Å². The number of sulfonamides is 1. The van der Waals surface area contributed by atoms with Crippen LogP contribution in [0.15, 0.2) is 36.7 Å². The van der Waals surface area contributed by atoms with Gasteiger partial charge in [0, 0.05) is 31.7 Å². The molecular formula is C24H27ClN8O5S. The number of rotatable bonds is 10. The summed E-state index contributed by atoms with van der Waals surface area (Å²) in [6.45, 7) is 2.28. The van der Waals surface area contributed by atoms with E-state index in [9.17, 15) is 8.42 Å². The van der Waals surface area contributed by atoms with Crippen LogP contribution in [0.3, 0.4) is 0 Å². The van der Waals surface area contributed by atoms with Crippen LogP contribution in [-0.4, -0.2) is 69.5 Å². The van der Waals surface area contributed by atoms with Crippen molar-refractivity contribution in [1.82, 2.24) is 34.5 Å². The summed E-state index contributed by atoms with van der Waals surface area (Å²) in [4.78, 5) is 8.26. The SMILES string of the molecule is COc1cccc(OC)c1-n1c(NS(=O)(=O)C(C)C(OC)c2ncc(Cl)cn2)nnc1-c1cc2n(n1)CCC2. The van der Waals surface area contributed by atoms with Crippen molar-refractivity contribution in [2.45, 2.75) is 37.7 Å². The molecule has 39 heavy (non-hydrogen) atoms. The minimum absolute atomic E-state index is 0.0836. The standard InChI is InChI=1S/C24H27ClN8O5S/c1-14(21(38-4)22-26-12-15(25)13-27-22)39(34,35)31-24-29-28-23(17-11-16-7-6-10-32(16)30-17)33(24)20-18(36-2)8-5-9-19(20)37-3/h5,8-9,11-14,21H,6-7,10H2,1-4H3,(H,29,31). The first kappa shape index (κ1) is 26.8. The quantitative estimate of drug-likeness (QED) is 0.299. The predicted molar refractivity (Wildman–Crippen MR) is 143 cm³/mol. The molecule has 1 aliphatic rings. The number of para-hydroxylation sites is 1. The second-order valence-corrected chi connectivity index (χ2v) is 11.3. The van der Waals surface area contributed by atoms with E-state index in [1.807, 2.05) is 10.7 Å². The normalized spacial score (nSPS) is 14.6. The summed E-state index contributed by atoms with van der Waals surface area (Å²) < 4.78 is 50.0. The van der Waals surface area contributed by atoms with E-state index in [0.717, 1.165) is 25.1 Å². The van der Waals surface area contributed by atoms with E-state index < -0.39 is 21.4 Å². The van der Waals surface area contributed by atoms with Crippen LogP contribution in [0.4, 0.5) is 5.95 Å². The molecule has 0 radical (unpaired) electrons. The Bertz CT molecular complexity index is 1540. The molecule has 1 aromatic carbocycles. The fourth-order valence-electron chi connectivity index (χ4n) is 4.51. The van der Waals surface area contributed by atoms with E-state index >= 15 is 0 Å². The Hall–Kier alpha value is -3.75. The van der Waals surface area contributed by atoms with E-state index in [1.54, 1.807) is 18.2 Å². The maximum absolute atomic E-state index is 13.7. The third kappa shape index (κ3) is 5.02. The molecule has 4 heterocycles. The molecule has 206 valence electrons. The maximum Gasteiger partial charge on any atom is 0.243 e. The van der Waals surface area contributed by atoms with Gasteiger partial charge >= 0.3 is 0 Å². The van der Waals surface area contributed by atoms with Crippen molar-refractivity contribution in [3.63, 3.8) is 0 Å². The smallest absolute Gasteiger partial charge is 0.243 e. The van der Waals surface area contributed by atoms with Gasteiger partial charge in [0.2, 0.25) is 16.0 Å². The van der Waals surface area contributed by atoms with Crippen molar-refractivity contribution in [1.29, 1.82) is 0 Å². The average molecular weight is 575 g/mol. The van der Waals surface area contributed by atoms with Gasteiger partial charge in [-0.25, -0.2) is 18.4 Å². The topological polar surface area (TPSA) is 148 Å². The molecule has 1 N–H and O–H groups in total. The summed E-state index contributed by atoms with van der Waals surface area (Å²) in [6.07, 6.45) is 3.66. The predicted octanol–water partition coefficient (Wildman–Crippen LogP) is 3.06. The number of hydrogen-bond donors (Lipinski definition) is 1. The molecule has 13 nitrogen and oxygen atoms in total. The number of aryl methyl sites for hydroxylation is 2. The fourth-order valence-corrected chi connectivity index (χ4v) is 5.74. The number of nitrogens with one attached hydrogen (secondary N) is 1. The van der Waals surface area contributed by atoms with E-state index in [-0.39, 0.29) is 11.8 Å². The Morgan fingerprint density at radius 2 is 1.77 bits per heavy atom. The largest absolute Gasteiger partial charge is 0.494 e. The van der Waals surface area contributed by atoms with Crippen LogP contribution in [-0.2, 0) is 27.7 Å². The molecule has 1 aliphatic heterocycles. The molecule has 2 atom stereocenters. The first-order valence-corrected chi connectivity index (χ1v) is 14.0. The molecule has 15 heteroatoms. The molecule has 5 rings (SSSR count). The highest BCUT2D eigenvalue weighted by Gasteiger charge is 2.35. The highest BCUT2D eigenvalue weighted by molar-refractivity contribution is 7.93. The minimum atomic E-state index is -4.14. The number of methoxy groups -OCH3 is 3. The number of aromatic nitrogens is 7. The number of halogens is 1. The lowest BCUT2D eigenvalue weighted by molar-refractivity contribution is 0.0950.